The average Bonchev–Trinajstić information content (AvgIpc) is 2.72. The number of nitrogens with one attached hydrogen (secondary N) is 1. The van der Waals surface area contributed by atoms with E-state index in [9.17, 15) is 0 Å². The maximum Gasteiger partial charge on any atom is 0.0622 e. The maximum atomic E-state index is 5.41. The highest BCUT2D eigenvalue weighted by Crippen LogP contribution is 2.13. The molecule has 0 aromatic carbocycles. The second-order valence-electron chi connectivity index (χ2n) is 4.60. The normalized spacial score (nSPS) is 33.9. The van der Waals surface area contributed by atoms with E-state index in [4.69, 9.17) is 4.74 Å². The van der Waals surface area contributed by atoms with Gasteiger partial charge in [0.15, 0.2) is 0 Å². The lowest BCUT2D eigenvalue weighted by molar-refractivity contribution is 0.149. The summed E-state index contributed by atoms with van der Waals surface area (Å²) in [6.45, 7) is 4.28. The molecule has 1 N–H and O–H groups in total. The van der Waals surface area contributed by atoms with Crippen molar-refractivity contribution >= 4 is 0 Å². The zero-order valence-electron chi connectivity index (χ0n) is 9.17. The van der Waals surface area contributed by atoms with Crippen LogP contribution in [-0.2, 0) is 4.74 Å². The molecular formula is C11H22N2O. The maximum absolute atomic E-state index is 5.41. The van der Waals surface area contributed by atoms with Crippen LogP contribution >= 0.6 is 0 Å². The van der Waals surface area contributed by atoms with Crippen LogP contribution in [0.25, 0.3) is 0 Å². The third-order valence-electron chi connectivity index (χ3n) is 3.45. The van der Waals surface area contributed by atoms with Gasteiger partial charge < -0.3 is 10.1 Å². The Morgan fingerprint density at radius 2 is 2.29 bits per heavy atom. The van der Waals surface area contributed by atoms with Gasteiger partial charge in [-0.2, -0.15) is 0 Å². The molecule has 0 radical (unpaired) electrons. The van der Waals surface area contributed by atoms with E-state index >= 15 is 0 Å². The van der Waals surface area contributed by atoms with Gasteiger partial charge in [-0.15, -0.1) is 0 Å². The van der Waals surface area contributed by atoms with E-state index in [0.717, 1.165) is 13.2 Å². The minimum atomic E-state index is 0.665. The van der Waals surface area contributed by atoms with Gasteiger partial charge >= 0.3 is 0 Å². The van der Waals surface area contributed by atoms with Crippen molar-refractivity contribution < 1.29 is 4.74 Å². The Bertz CT molecular complexity index is 163. The van der Waals surface area contributed by atoms with Gasteiger partial charge in [-0.1, -0.05) is 6.42 Å². The van der Waals surface area contributed by atoms with Gasteiger partial charge in [-0.05, 0) is 32.9 Å². The van der Waals surface area contributed by atoms with Gasteiger partial charge in [0.05, 0.1) is 6.61 Å². The molecule has 82 valence electrons. The number of likely N-dealkylation sites (N-methyl/N-ethyl adjacent to an activating group) is 1. The summed E-state index contributed by atoms with van der Waals surface area (Å²) in [6, 6.07) is 1.38. The SMILES string of the molecule is CN(CC1CCCCN1)C1CCOC1. The fourth-order valence-corrected chi connectivity index (χ4v) is 2.45. The number of hydrogen-bond donors (Lipinski definition) is 1. The molecule has 0 bridgehead atoms. The van der Waals surface area contributed by atoms with Crippen LogP contribution in [0.4, 0.5) is 0 Å². The van der Waals surface area contributed by atoms with Crippen LogP contribution in [0, 0.1) is 0 Å². The van der Waals surface area contributed by atoms with Crippen molar-refractivity contribution in [1.82, 2.24) is 10.2 Å². The molecule has 2 heterocycles. The van der Waals surface area contributed by atoms with E-state index in [1.54, 1.807) is 0 Å². The molecule has 2 fully saturated rings. The summed E-state index contributed by atoms with van der Waals surface area (Å²) in [7, 11) is 2.23. The Morgan fingerprint density at radius 3 is 2.93 bits per heavy atom. The number of rotatable bonds is 3. The molecule has 0 aliphatic carbocycles. The van der Waals surface area contributed by atoms with Crippen molar-refractivity contribution in [2.75, 3.05) is 33.4 Å². The Morgan fingerprint density at radius 1 is 1.36 bits per heavy atom. The first-order valence-corrected chi connectivity index (χ1v) is 5.87. The molecule has 2 aliphatic rings. The first-order chi connectivity index (χ1) is 6.86. The average molecular weight is 198 g/mol. The Hall–Kier alpha value is -0.120. The molecule has 0 saturated carbocycles. The number of ether oxygens (including phenoxy) is 1. The third-order valence-corrected chi connectivity index (χ3v) is 3.45. The van der Waals surface area contributed by atoms with E-state index in [0.29, 0.717) is 12.1 Å². The van der Waals surface area contributed by atoms with Crippen molar-refractivity contribution in [3.8, 4) is 0 Å². The lowest BCUT2D eigenvalue weighted by atomic mass is 10.0. The van der Waals surface area contributed by atoms with Gasteiger partial charge in [0.25, 0.3) is 0 Å². The summed E-state index contributed by atoms with van der Waals surface area (Å²) in [5.41, 5.74) is 0. The summed E-state index contributed by atoms with van der Waals surface area (Å²) < 4.78 is 5.41. The van der Waals surface area contributed by atoms with Gasteiger partial charge in [-0.3, -0.25) is 4.90 Å². The summed E-state index contributed by atoms with van der Waals surface area (Å²) in [4.78, 5) is 2.47. The van der Waals surface area contributed by atoms with Crippen LogP contribution < -0.4 is 5.32 Å². The monoisotopic (exact) mass is 198 g/mol. The number of nitrogens with zero attached hydrogens (tertiary/aromatic N) is 1. The van der Waals surface area contributed by atoms with Crippen molar-refractivity contribution in [3.05, 3.63) is 0 Å². The van der Waals surface area contributed by atoms with Crippen molar-refractivity contribution in [2.24, 2.45) is 0 Å². The van der Waals surface area contributed by atoms with Crippen LogP contribution in [0.3, 0.4) is 0 Å². The summed E-state index contributed by atoms with van der Waals surface area (Å²) in [6.07, 6.45) is 5.31. The second-order valence-corrected chi connectivity index (χ2v) is 4.60. The number of hydrogen-bond acceptors (Lipinski definition) is 3. The largest absolute Gasteiger partial charge is 0.380 e. The molecule has 0 aromatic heterocycles. The van der Waals surface area contributed by atoms with E-state index in [-0.39, 0.29) is 0 Å². The zero-order valence-corrected chi connectivity index (χ0v) is 9.17. The zero-order chi connectivity index (χ0) is 9.80. The van der Waals surface area contributed by atoms with Gasteiger partial charge in [0.2, 0.25) is 0 Å². The molecule has 14 heavy (non-hydrogen) atoms. The van der Waals surface area contributed by atoms with E-state index in [1.165, 1.54) is 38.8 Å². The molecular weight excluding hydrogens is 176 g/mol. The molecule has 0 amide bonds. The molecule has 2 atom stereocenters. The first kappa shape index (κ1) is 10.4. The van der Waals surface area contributed by atoms with E-state index < -0.39 is 0 Å². The quantitative estimate of drug-likeness (QED) is 0.727. The molecule has 0 spiro atoms. The molecule has 2 unspecified atom stereocenters. The van der Waals surface area contributed by atoms with Gasteiger partial charge in [0, 0.05) is 25.2 Å². The Labute approximate surface area is 86.8 Å². The van der Waals surface area contributed by atoms with E-state index in [1.807, 2.05) is 0 Å². The summed E-state index contributed by atoms with van der Waals surface area (Å²) in [5.74, 6) is 0. The van der Waals surface area contributed by atoms with E-state index in [2.05, 4.69) is 17.3 Å². The predicted molar refractivity (Wildman–Crippen MR) is 57.5 cm³/mol. The molecule has 0 aromatic rings. The highest BCUT2D eigenvalue weighted by Gasteiger charge is 2.23. The first-order valence-electron chi connectivity index (χ1n) is 5.87. The lowest BCUT2D eigenvalue weighted by Gasteiger charge is -2.30. The minimum absolute atomic E-state index is 0.665. The van der Waals surface area contributed by atoms with Crippen LogP contribution in [0.15, 0.2) is 0 Å². The van der Waals surface area contributed by atoms with Crippen molar-refractivity contribution in [2.45, 2.75) is 37.8 Å². The van der Waals surface area contributed by atoms with Gasteiger partial charge in [-0.25, -0.2) is 0 Å². The summed E-state index contributed by atoms with van der Waals surface area (Å²) >= 11 is 0. The topological polar surface area (TPSA) is 24.5 Å². The molecule has 3 heteroatoms. The highest BCUT2D eigenvalue weighted by atomic mass is 16.5. The van der Waals surface area contributed by atoms with Gasteiger partial charge in [0.1, 0.15) is 0 Å². The smallest absolute Gasteiger partial charge is 0.0622 e. The molecule has 3 nitrogen and oxygen atoms in total. The Kier molecular flexibility index (Phi) is 3.79. The van der Waals surface area contributed by atoms with Crippen molar-refractivity contribution in [1.29, 1.82) is 0 Å². The Balaban J connectivity index is 1.72. The predicted octanol–water partition coefficient (Wildman–Crippen LogP) is 0.849. The van der Waals surface area contributed by atoms with Crippen LogP contribution in [0.5, 0.6) is 0 Å². The standard InChI is InChI=1S/C11H22N2O/c1-13(11-5-7-14-9-11)8-10-4-2-3-6-12-10/h10-12H,2-9H2,1H3. The van der Waals surface area contributed by atoms with Crippen LogP contribution in [0.1, 0.15) is 25.7 Å². The third kappa shape index (κ3) is 2.69. The van der Waals surface area contributed by atoms with Crippen molar-refractivity contribution in [3.63, 3.8) is 0 Å². The lowest BCUT2D eigenvalue weighted by Crippen LogP contribution is -2.45. The fraction of sp³-hybridized carbons (Fsp3) is 1.00. The van der Waals surface area contributed by atoms with Crippen LogP contribution in [-0.4, -0.2) is 50.3 Å². The molecule has 2 saturated heterocycles. The second kappa shape index (κ2) is 5.10. The summed E-state index contributed by atoms with van der Waals surface area (Å²) in [5, 5.41) is 3.59. The fourth-order valence-electron chi connectivity index (χ4n) is 2.45. The molecule has 2 aliphatic heterocycles. The van der Waals surface area contributed by atoms with Crippen LogP contribution in [0.2, 0.25) is 0 Å². The highest BCUT2D eigenvalue weighted by molar-refractivity contribution is 4.80. The molecule has 2 rings (SSSR count). The number of piperidine rings is 1. The minimum Gasteiger partial charge on any atom is -0.380 e.